The normalized spacial score (nSPS) is 10.8. The predicted molar refractivity (Wildman–Crippen MR) is 75.7 cm³/mol. The van der Waals surface area contributed by atoms with Crippen LogP contribution < -0.4 is 4.74 Å². The minimum absolute atomic E-state index is 0.783. The molecule has 0 fully saturated rings. The van der Waals surface area contributed by atoms with Crippen molar-refractivity contribution in [3.05, 3.63) is 65.6 Å². The number of aromatic nitrogens is 2. The summed E-state index contributed by atoms with van der Waals surface area (Å²) in [6, 6.07) is 14.2. The molecule has 0 saturated heterocycles. The maximum Gasteiger partial charge on any atom is 0.137 e. The van der Waals surface area contributed by atoms with E-state index in [4.69, 9.17) is 4.74 Å². The lowest BCUT2D eigenvalue weighted by molar-refractivity contribution is 0.410. The molecule has 2 aromatic heterocycles. The number of ether oxygens (including phenoxy) is 1. The summed E-state index contributed by atoms with van der Waals surface area (Å²) in [6.07, 6.45) is 2.88. The number of rotatable bonds is 3. The van der Waals surface area contributed by atoms with Gasteiger partial charge in [0.05, 0.1) is 12.8 Å². The molecule has 3 rings (SSSR count). The number of pyridine rings is 1. The molecule has 0 atom stereocenters. The zero-order chi connectivity index (χ0) is 13.2. The highest BCUT2D eigenvalue weighted by molar-refractivity contribution is 5.43. The molecule has 3 heteroatoms. The van der Waals surface area contributed by atoms with Gasteiger partial charge in [-0.1, -0.05) is 24.3 Å². The molecule has 0 aliphatic rings. The molecular formula is C16H16N2O. The van der Waals surface area contributed by atoms with Crippen molar-refractivity contribution in [2.24, 2.45) is 0 Å². The smallest absolute Gasteiger partial charge is 0.137 e. The number of imidazole rings is 1. The molecule has 2 heterocycles. The van der Waals surface area contributed by atoms with E-state index in [0.29, 0.717) is 0 Å². The van der Waals surface area contributed by atoms with Gasteiger partial charge in [0.15, 0.2) is 0 Å². The largest absolute Gasteiger partial charge is 0.496 e. The van der Waals surface area contributed by atoms with E-state index in [1.54, 1.807) is 7.11 Å². The molecule has 3 nitrogen and oxygen atoms in total. The van der Waals surface area contributed by atoms with E-state index < -0.39 is 0 Å². The number of nitrogens with zero attached hydrogens (tertiary/aromatic N) is 2. The quantitative estimate of drug-likeness (QED) is 0.715. The van der Waals surface area contributed by atoms with Gasteiger partial charge in [0.1, 0.15) is 11.4 Å². The van der Waals surface area contributed by atoms with Crippen molar-refractivity contribution in [2.75, 3.05) is 7.11 Å². The van der Waals surface area contributed by atoms with Gasteiger partial charge in [0.25, 0.3) is 0 Å². The van der Waals surface area contributed by atoms with Gasteiger partial charge >= 0.3 is 0 Å². The Morgan fingerprint density at radius 1 is 1.11 bits per heavy atom. The van der Waals surface area contributed by atoms with Crippen molar-refractivity contribution in [1.29, 1.82) is 0 Å². The lowest BCUT2D eigenvalue weighted by atomic mass is 10.1. The van der Waals surface area contributed by atoms with Crippen LogP contribution in [0.4, 0.5) is 0 Å². The topological polar surface area (TPSA) is 26.5 Å². The first-order chi connectivity index (χ1) is 9.28. The molecule has 3 aromatic rings. The van der Waals surface area contributed by atoms with Crippen LogP contribution in [0.15, 0.2) is 48.7 Å². The van der Waals surface area contributed by atoms with Gasteiger partial charge in [-0.15, -0.1) is 0 Å². The maximum absolute atomic E-state index is 5.38. The highest BCUT2D eigenvalue weighted by Crippen LogP contribution is 2.21. The fraction of sp³-hybridized carbons (Fsp3) is 0.188. The summed E-state index contributed by atoms with van der Waals surface area (Å²) in [6.45, 7) is 2.08. The second kappa shape index (κ2) is 4.76. The van der Waals surface area contributed by atoms with Crippen LogP contribution in [-0.2, 0) is 6.42 Å². The predicted octanol–water partition coefficient (Wildman–Crippen LogP) is 3.24. The number of aryl methyl sites for hydroxylation is 1. The van der Waals surface area contributed by atoms with Gasteiger partial charge in [-0.25, -0.2) is 4.98 Å². The molecule has 0 amide bonds. The van der Waals surface area contributed by atoms with E-state index >= 15 is 0 Å². The van der Waals surface area contributed by atoms with Crippen molar-refractivity contribution in [1.82, 2.24) is 9.38 Å². The van der Waals surface area contributed by atoms with Gasteiger partial charge < -0.3 is 9.14 Å². The van der Waals surface area contributed by atoms with Crippen LogP contribution in [0.3, 0.4) is 0 Å². The Balaban J connectivity index is 1.99. The van der Waals surface area contributed by atoms with E-state index in [1.807, 2.05) is 30.3 Å². The Bertz CT molecular complexity index is 716. The Morgan fingerprint density at radius 2 is 1.95 bits per heavy atom. The number of fused-ring (bicyclic) bond motifs is 1. The van der Waals surface area contributed by atoms with Crippen LogP contribution in [0.2, 0.25) is 0 Å². The third kappa shape index (κ3) is 2.19. The molecule has 0 radical (unpaired) electrons. The van der Waals surface area contributed by atoms with E-state index in [-0.39, 0.29) is 0 Å². The molecule has 0 spiro atoms. The maximum atomic E-state index is 5.38. The van der Waals surface area contributed by atoms with Crippen LogP contribution in [0.1, 0.15) is 17.0 Å². The van der Waals surface area contributed by atoms with Crippen molar-refractivity contribution in [3.63, 3.8) is 0 Å². The molecule has 0 aliphatic heterocycles. The Kier molecular flexibility index (Phi) is 2.95. The van der Waals surface area contributed by atoms with Gasteiger partial charge in [-0.2, -0.15) is 0 Å². The number of benzene rings is 1. The summed E-state index contributed by atoms with van der Waals surface area (Å²) in [5, 5.41) is 0. The Hall–Kier alpha value is -2.29. The standard InChI is InChI=1S/C16H16N2O/c1-12-6-5-9-16-17-14(11-18(12)16)10-13-7-3-4-8-15(13)19-2/h3-9,11H,10H2,1-2H3. The van der Waals surface area contributed by atoms with Crippen LogP contribution in [0.25, 0.3) is 5.65 Å². The number of hydrogen-bond donors (Lipinski definition) is 0. The van der Waals surface area contributed by atoms with Crippen molar-refractivity contribution in [3.8, 4) is 5.75 Å². The number of para-hydroxylation sites is 1. The average Bonchev–Trinajstić information content (AvgIpc) is 2.83. The van der Waals surface area contributed by atoms with Crippen molar-refractivity contribution >= 4 is 5.65 Å². The van der Waals surface area contributed by atoms with Crippen molar-refractivity contribution < 1.29 is 4.74 Å². The van der Waals surface area contributed by atoms with Crippen molar-refractivity contribution in [2.45, 2.75) is 13.3 Å². The summed E-state index contributed by atoms with van der Waals surface area (Å²) in [7, 11) is 1.70. The first kappa shape index (κ1) is 11.8. The van der Waals surface area contributed by atoms with E-state index in [2.05, 4.69) is 34.6 Å². The van der Waals surface area contributed by atoms with E-state index in [0.717, 1.165) is 29.1 Å². The minimum atomic E-state index is 0.783. The molecule has 1 aromatic carbocycles. The van der Waals surface area contributed by atoms with Gasteiger partial charge in [-0.3, -0.25) is 0 Å². The Morgan fingerprint density at radius 3 is 2.74 bits per heavy atom. The molecule has 0 unspecified atom stereocenters. The van der Waals surface area contributed by atoms with Gasteiger partial charge in [-0.05, 0) is 25.1 Å². The third-order valence-corrected chi connectivity index (χ3v) is 3.31. The number of hydrogen-bond acceptors (Lipinski definition) is 2. The zero-order valence-corrected chi connectivity index (χ0v) is 11.1. The SMILES string of the molecule is COc1ccccc1Cc1cn2c(C)cccc2n1. The molecule has 0 aliphatic carbocycles. The van der Waals surface area contributed by atoms with Gasteiger partial charge in [0, 0.05) is 23.9 Å². The van der Waals surface area contributed by atoms with Gasteiger partial charge in [0.2, 0.25) is 0 Å². The first-order valence-corrected chi connectivity index (χ1v) is 6.33. The Labute approximate surface area is 112 Å². The molecule has 0 bridgehead atoms. The lowest BCUT2D eigenvalue weighted by Crippen LogP contribution is -1.93. The second-order valence-corrected chi connectivity index (χ2v) is 4.62. The molecule has 0 saturated carbocycles. The molecular weight excluding hydrogens is 236 g/mol. The minimum Gasteiger partial charge on any atom is -0.496 e. The van der Waals surface area contributed by atoms with E-state index in [9.17, 15) is 0 Å². The highest BCUT2D eigenvalue weighted by Gasteiger charge is 2.07. The molecule has 0 N–H and O–H groups in total. The summed E-state index contributed by atoms with van der Waals surface area (Å²) in [5.74, 6) is 0.913. The molecule has 96 valence electrons. The van der Waals surface area contributed by atoms with E-state index in [1.165, 1.54) is 5.69 Å². The third-order valence-electron chi connectivity index (χ3n) is 3.31. The van der Waals surface area contributed by atoms with Crippen LogP contribution in [0.5, 0.6) is 5.75 Å². The van der Waals surface area contributed by atoms with Crippen LogP contribution in [0, 0.1) is 6.92 Å². The fourth-order valence-corrected chi connectivity index (χ4v) is 2.33. The van der Waals surface area contributed by atoms with Crippen LogP contribution in [-0.4, -0.2) is 16.5 Å². The first-order valence-electron chi connectivity index (χ1n) is 6.33. The summed E-state index contributed by atoms with van der Waals surface area (Å²) in [5.41, 5.74) is 4.39. The lowest BCUT2D eigenvalue weighted by Gasteiger charge is -2.05. The summed E-state index contributed by atoms with van der Waals surface area (Å²) in [4.78, 5) is 4.65. The summed E-state index contributed by atoms with van der Waals surface area (Å²) < 4.78 is 7.50. The summed E-state index contributed by atoms with van der Waals surface area (Å²) >= 11 is 0. The highest BCUT2D eigenvalue weighted by atomic mass is 16.5. The fourth-order valence-electron chi connectivity index (χ4n) is 2.33. The zero-order valence-electron chi connectivity index (χ0n) is 11.1. The molecule has 19 heavy (non-hydrogen) atoms. The number of methoxy groups -OCH3 is 1. The monoisotopic (exact) mass is 252 g/mol. The average molecular weight is 252 g/mol. The second-order valence-electron chi connectivity index (χ2n) is 4.62. The van der Waals surface area contributed by atoms with Crippen LogP contribution >= 0.6 is 0 Å².